The van der Waals surface area contributed by atoms with Gasteiger partial charge < -0.3 is 19.7 Å². The minimum atomic E-state index is -3.92. The third kappa shape index (κ3) is 6.02. The topological polar surface area (TPSA) is 105 Å². The van der Waals surface area contributed by atoms with Crippen LogP contribution < -0.4 is 14.8 Å². The molecule has 0 radical (unpaired) electrons. The molecule has 0 saturated carbocycles. The Morgan fingerprint density at radius 2 is 1.64 bits per heavy atom. The smallest absolute Gasteiger partial charge is 0.243 e. The zero-order chi connectivity index (χ0) is 24.0. The largest absolute Gasteiger partial charge is 0.493 e. The van der Waals surface area contributed by atoms with Gasteiger partial charge in [0.2, 0.25) is 21.8 Å². The van der Waals surface area contributed by atoms with Crippen LogP contribution in [-0.2, 0) is 26.0 Å². The third-order valence-corrected chi connectivity index (χ3v) is 7.28. The number of methoxy groups -OCH3 is 2. The van der Waals surface area contributed by atoms with E-state index in [1.165, 1.54) is 39.5 Å². The van der Waals surface area contributed by atoms with Gasteiger partial charge in [0.15, 0.2) is 11.5 Å². The normalized spacial score (nSPS) is 13.8. The molecule has 1 heterocycles. The van der Waals surface area contributed by atoms with Gasteiger partial charge in [-0.05, 0) is 42.7 Å². The van der Waals surface area contributed by atoms with Crippen LogP contribution in [0, 0.1) is 0 Å². The van der Waals surface area contributed by atoms with Crippen LogP contribution in [0.4, 0.5) is 5.69 Å². The summed E-state index contributed by atoms with van der Waals surface area (Å²) >= 11 is 0. The summed E-state index contributed by atoms with van der Waals surface area (Å²) in [4.78, 5) is 26.6. The number of rotatable bonds is 9. The second-order valence-corrected chi connectivity index (χ2v) is 9.83. The lowest BCUT2D eigenvalue weighted by Crippen LogP contribution is -2.35. The Balaban J connectivity index is 1.58. The molecular formula is C23H29N3O6S. The lowest BCUT2D eigenvalue weighted by molar-refractivity contribution is -0.129. The van der Waals surface area contributed by atoms with E-state index in [1.807, 2.05) is 4.90 Å². The van der Waals surface area contributed by atoms with E-state index in [0.29, 0.717) is 17.9 Å². The molecule has 1 aliphatic rings. The van der Waals surface area contributed by atoms with Crippen LogP contribution in [0.2, 0.25) is 0 Å². The first-order valence-electron chi connectivity index (χ1n) is 10.6. The van der Waals surface area contributed by atoms with E-state index in [-0.39, 0.29) is 23.1 Å². The quantitative estimate of drug-likeness (QED) is 0.596. The highest BCUT2D eigenvalue weighted by atomic mass is 32.2. The van der Waals surface area contributed by atoms with E-state index in [1.54, 1.807) is 24.3 Å². The van der Waals surface area contributed by atoms with Crippen molar-refractivity contribution in [2.24, 2.45) is 0 Å². The summed E-state index contributed by atoms with van der Waals surface area (Å²) in [6, 6.07) is 11.2. The van der Waals surface area contributed by atoms with E-state index < -0.39 is 15.9 Å². The Morgan fingerprint density at radius 3 is 2.24 bits per heavy atom. The van der Waals surface area contributed by atoms with Crippen molar-refractivity contribution < 1.29 is 27.5 Å². The number of nitrogens with zero attached hydrogens (tertiary/aromatic N) is 2. The van der Waals surface area contributed by atoms with Gasteiger partial charge in [-0.3, -0.25) is 9.59 Å². The van der Waals surface area contributed by atoms with Crippen molar-refractivity contribution in [3.8, 4) is 11.5 Å². The number of amides is 2. The summed E-state index contributed by atoms with van der Waals surface area (Å²) in [5, 5.41) is 2.69. The predicted octanol–water partition coefficient (Wildman–Crippen LogP) is 2.13. The molecule has 1 N–H and O–H groups in total. The van der Waals surface area contributed by atoms with Gasteiger partial charge in [0.25, 0.3) is 0 Å². The number of nitrogens with one attached hydrogen (secondary N) is 1. The Labute approximate surface area is 194 Å². The number of likely N-dealkylation sites (tertiary alicyclic amines) is 1. The number of carbonyl (C=O) groups is 2. The Bertz CT molecular complexity index is 1100. The van der Waals surface area contributed by atoms with Gasteiger partial charge in [0.05, 0.1) is 32.1 Å². The Kier molecular flexibility index (Phi) is 7.93. The van der Waals surface area contributed by atoms with Crippen molar-refractivity contribution in [1.82, 2.24) is 9.21 Å². The number of hydrogen-bond acceptors (Lipinski definition) is 6. The van der Waals surface area contributed by atoms with Gasteiger partial charge in [-0.1, -0.05) is 12.1 Å². The summed E-state index contributed by atoms with van der Waals surface area (Å²) in [5.41, 5.74) is 1.38. The minimum Gasteiger partial charge on any atom is -0.493 e. The minimum absolute atomic E-state index is 0.0116. The number of anilines is 1. The summed E-state index contributed by atoms with van der Waals surface area (Å²) in [6.07, 6.45) is 2.42. The van der Waals surface area contributed by atoms with Crippen LogP contribution in [0.25, 0.3) is 0 Å². The molecule has 178 valence electrons. The summed E-state index contributed by atoms with van der Waals surface area (Å²) in [7, 11) is 0.289. The molecule has 1 fully saturated rings. The molecule has 3 rings (SSSR count). The first-order valence-corrected chi connectivity index (χ1v) is 12.0. The maximum Gasteiger partial charge on any atom is 0.243 e. The molecule has 1 saturated heterocycles. The maximum atomic E-state index is 12.9. The fraction of sp³-hybridized carbons (Fsp3) is 0.391. The van der Waals surface area contributed by atoms with Crippen LogP contribution in [0.3, 0.4) is 0 Å². The molecule has 0 unspecified atom stereocenters. The molecule has 2 aromatic rings. The average molecular weight is 476 g/mol. The number of likely N-dealkylation sites (N-methyl/N-ethyl adjacent to an activating group) is 1. The SMILES string of the molecule is COc1ccc(S(=O)(=O)N(C)CC(=O)Nc2ccc(CC(=O)N3CCCC3)cc2)cc1OC. The number of hydrogen-bond donors (Lipinski definition) is 1. The number of carbonyl (C=O) groups excluding carboxylic acids is 2. The summed E-state index contributed by atoms with van der Waals surface area (Å²) in [5.74, 6) is 0.302. The van der Waals surface area contributed by atoms with Crippen LogP contribution >= 0.6 is 0 Å². The van der Waals surface area contributed by atoms with Gasteiger partial charge >= 0.3 is 0 Å². The highest BCUT2D eigenvalue weighted by Gasteiger charge is 2.24. The molecule has 0 atom stereocenters. The number of ether oxygens (including phenoxy) is 2. The van der Waals surface area contributed by atoms with Crippen molar-refractivity contribution >= 4 is 27.5 Å². The molecule has 0 aromatic heterocycles. The number of benzene rings is 2. The van der Waals surface area contributed by atoms with Crippen molar-refractivity contribution in [3.63, 3.8) is 0 Å². The molecule has 2 amide bonds. The van der Waals surface area contributed by atoms with E-state index in [4.69, 9.17) is 9.47 Å². The molecule has 0 aliphatic carbocycles. The van der Waals surface area contributed by atoms with E-state index in [0.717, 1.165) is 35.8 Å². The van der Waals surface area contributed by atoms with E-state index >= 15 is 0 Å². The van der Waals surface area contributed by atoms with Crippen LogP contribution in [-0.4, -0.2) is 70.3 Å². The van der Waals surface area contributed by atoms with E-state index in [2.05, 4.69) is 5.32 Å². The third-order valence-electron chi connectivity index (χ3n) is 5.48. The van der Waals surface area contributed by atoms with Gasteiger partial charge in [-0.15, -0.1) is 0 Å². The second kappa shape index (κ2) is 10.7. The van der Waals surface area contributed by atoms with Gasteiger partial charge in [0, 0.05) is 31.9 Å². The summed E-state index contributed by atoms with van der Waals surface area (Å²) in [6.45, 7) is 1.26. The van der Waals surface area contributed by atoms with Gasteiger partial charge in [0.1, 0.15) is 0 Å². The molecule has 0 bridgehead atoms. The molecule has 10 heteroatoms. The van der Waals surface area contributed by atoms with E-state index in [9.17, 15) is 18.0 Å². The standard InChI is InChI=1S/C23H29N3O6S/c1-25(33(29,30)19-10-11-20(31-2)21(15-19)32-3)16-22(27)24-18-8-6-17(7-9-18)14-23(28)26-12-4-5-13-26/h6-11,15H,4-5,12-14,16H2,1-3H3,(H,24,27). The molecule has 9 nitrogen and oxygen atoms in total. The lowest BCUT2D eigenvalue weighted by atomic mass is 10.1. The van der Waals surface area contributed by atoms with Gasteiger partial charge in [-0.25, -0.2) is 8.42 Å². The van der Waals surface area contributed by atoms with Crippen LogP contribution in [0.5, 0.6) is 11.5 Å². The van der Waals surface area contributed by atoms with Crippen LogP contribution in [0.15, 0.2) is 47.4 Å². The highest BCUT2D eigenvalue weighted by Crippen LogP contribution is 2.30. The van der Waals surface area contributed by atoms with Crippen molar-refractivity contribution in [2.45, 2.75) is 24.2 Å². The molecule has 33 heavy (non-hydrogen) atoms. The van der Waals surface area contributed by atoms with Crippen molar-refractivity contribution in [2.75, 3.05) is 46.2 Å². The fourth-order valence-corrected chi connectivity index (χ4v) is 4.75. The first-order chi connectivity index (χ1) is 15.7. The number of sulfonamides is 1. The maximum absolute atomic E-state index is 12.9. The predicted molar refractivity (Wildman–Crippen MR) is 124 cm³/mol. The first kappa shape index (κ1) is 24.5. The molecule has 1 aliphatic heterocycles. The zero-order valence-corrected chi connectivity index (χ0v) is 19.9. The van der Waals surface area contributed by atoms with Crippen LogP contribution in [0.1, 0.15) is 18.4 Å². The molecular weight excluding hydrogens is 446 g/mol. The Hall–Kier alpha value is -3.11. The average Bonchev–Trinajstić information content (AvgIpc) is 3.35. The lowest BCUT2D eigenvalue weighted by Gasteiger charge is -2.18. The van der Waals surface area contributed by atoms with Crippen molar-refractivity contribution in [3.05, 3.63) is 48.0 Å². The monoisotopic (exact) mass is 475 g/mol. The zero-order valence-electron chi connectivity index (χ0n) is 19.0. The molecule has 2 aromatic carbocycles. The van der Waals surface area contributed by atoms with Gasteiger partial charge in [-0.2, -0.15) is 4.31 Å². The van der Waals surface area contributed by atoms with Crippen molar-refractivity contribution in [1.29, 1.82) is 0 Å². The second-order valence-electron chi connectivity index (χ2n) is 7.79. The summed E-state index contributed by atoms with van der Waals surface area (Å²) < 4.78 is 37.0. The highest BCUT2D eigenvalue weighted by molar-refractivity contribution is 7.89. The Morgan fingerprint density at radius 1 is 1.00 bits per heavy atom. The molecule has 0 spiro atoms. The fourth-order valence-electron chi connectivity index (χ4n) is 3.60.